The van der Waals surface area contributed by atoms with Gasteiger partial charge >= 0.3 is 6.09 Å². The molecule has 0 aromatic rings. The van der Waals surface area contributed by atoms with E-state index in [0.29, 0.717) is 11.3 Å². The molecule has 2 aliphatic carbocycles. The summed E-state index contributed by atoms with van der Waals surface area (Å²) in [5, 5.41) is 2.88. The smallest absolute Gasteiger partial charge is 0.407 e. The topological polar surface area (TPSA) is 38.3 Å². The van der Waals surface area contributed by atoms with Gasteiger partial charge in [-0.25, -0.2) is 4.79 Å². The van der Waals surface area contributed by atoms with Gasteiger partial charge < -0.3 is 10.1 Å². The molecule has 0 atom stereocenters. The predicted octanol–water partition coefficient (Wildman–Crippen LogP) is 4.36. The minimum absolute atomic E-state index is 0.277. The first kappa shape index (κ1) is 16.3. The van der Waals surface area contributed by atoms with Crippen LogP contribution in [-0.4, -0.2) is 18.2 Å². The molecule has 0 aliphatic heterocycles. The van der Waals surface area contributed by atoms with E-state index < -0.39 is 5.60 Å². The van der Waals surface area contributed by atoms with Crippen molar-refractivity contribution in [1.29, 1.82) is 0 Å². The lowest BCUT2D eigenvalue weighted by Crippen LogP contribution is -2.50. The maximum Gasteiger partial charge on any atom is 0.407 e. The lowest BCUT2D eigenvalue weighted by molar-refractivity contribution is -0.0610. The molecular formula is C16H31NO2. The summed E-state index contributed by atoms with van der Waals surface area (Å²) < 4.78 is 5.22. The van der Waals surface area contributed by atoms with Crippen molar-refractivity contribution in [2.75, 3.05) is 6.54 Å². The highest BCUT2D eigenvalue weighted by Crippen LogP contribution is 2.60. The largest absolute Gasteiger partial charge is 0.444 e. The quantitative estimate of drug-likeness (QED) is 0.808. The maximum atomic E-state index is 11.5. The first-order valence-electron chi connectivity index (χ1n) is 7.75. The summed E-state index contributed by atoms with van der Waals surface area (Å²) in [6.07, 6.45) is 5.12. The van der Waals surface area contributed by atoms with Crippen molar-refractivity contribution < 1.29 is 9.53 Å². The Morgan fingerprint density at radius 2 is 1.74 bits per heavy atom. The summed E-state index contributed by atoms with van der Waals surface area (Å²) in [5.74, 6) is 1.60. The zero-order valence-corrected chi connectivity index (χ0v) is 13.5. The van der Waals surface area contributed by atoms with E-state index in [-0.39, 0.29) is 6.09 Å². The van der Waals surface area contributed by atoms with Gasteiger partial charge in [-0.05, 0) is 63.7 Å². The van der Waals surface area contributed by atoms with Gasteiger partial charge in [0.2, 0.25) is 0 Å². The summed E-state index contributed by atoms with van der Waals surface area (Å²) in [4.78, 5) is 11.5. The van der Waals surface area contributed by atoms with Crippen LogP contribution in [0.25, 0.3) is 0 Å². The Morgan fingerprint density at radius 1 is 1.21 bits per heavy atom. The number of hydrogen-bond donors (Lipinski definition) is 1. The van der Waals surface area contributed by atoms with Crippen molar-refractivity contribution in [3.05, 3.63) is 0 Å². The molecule has 0 bridgehead atoms. The van der Waals surface area contributed by atoms with Crippen LogP contribution in [0.2, 0.25) is 0 Å². The molecule has 2 fully saturated rings. The first-order chi connectivity index (χ1) is 8.78. The Morgan fingerprint density at radius 3 is 2.16 bits per heavy atom. The summed E-state index contributed by atoms with van der Waals surface area (Å²) >= 11 is 0. The van der Waals surface area contributed by atoms with Crippen LogP contribution >= 0.6 is 0 Å². The molecule has 0 aromatic heterocycles. The van der Waals surface area contributed by atoms with E-state index in [1.165, 1.54) is 25.7 Å². The molecule has 0 aromatic carbocycles. The molecule has 2 rings (SSSR count). The fourth-order valence-electron chi connectivity index (χ4n) is 3.60. The van der Waals surface area contributed by atoms with Gasteiger partial charge in [-0.1, -0.05) is 20.8 Å². The van der Waals surface area contributed by atoms with Crippen LogP contribution in [0.3, 0.4) is 0 Å². The van der Waals surface area contributed by atoms with E-state index in [0.717, 1.165) is 12.5 Å². The molecule has 112 valence electrons. The van der Waals surface area contributed by atoms with Crippen molar-refractivity contribution in [3.8, 4) is 0 Å². The van der Waals surface area contributed by atoms with Gasteiger partial charge in [0.15, 0.2) is 0 Å². The second-order valence-electron chi connectivity index (χ2n) is 7.17. The molecule has 19 heavy (non-hydrogen) atoms. The second-order valence-corrected chi connectivity index (χ2v) is 7.17. The van der Waals surface area contributed by atoms with E-state index in [4.69, 9.17) is 4.74 Å². The number of nitrogens with one attached hydrogen (secondary N) is 1. The van der Waals surface area contributed by atoms with Gasteiger partial charge in [0.1, 0.15) is 5.60 Å². The minimum Gasteiger partial charge on any atom is -0.444 e. The van der Waals surface area contributed by atoms with Gasteiger partial charge in [0, 0.05) is 6.54 Å². The average Bonchev–Trinajstić information content (AvgIpc) is 2.20. The second kappa shape index (κ2) is 6.15. The third-order valence-electron chi connectivity index (χ3n) is 3.94. The van der Waals surface area contributed by atoms with E-state index in [9.17, 15) is 4.79 Å². The molecule has 2 saturated carbocycles. The molecule has 1 N–H and O–H groups in total. The van der Waals surface area contributed by atoms with Crippen LogP contribution in [-0.2, 0) is 4.74 Å². The molecule has 2 aliphatic rings. The number of ether oxygens (including phenoxy) is 1. The number of rotatable bonds is 2. The first-order valence-corrected chi connectivity index (χ1v) is 7.75. The van der Waals surface area contributed by atoms with Gasteiger partial charge in [-0.2, -0.15) is 0 Å². The Kier molecular flexibility index (Phi) is 5.28. The highest BCUT2D eigenvalue weighted by Gasteiger charge is 2.50. The summed E-state index contributed by atoms with van der Waals surface area (Å²) in [5.41, 5.74) is 0.272. The van der Waals surface area contributed by atoms with Crippen LogP contribution in [0, 0.1) is 17.3 Å². The molecular weight excluding hydrogens is 238 g/mol. The normalized spacial score (nSPS) is 32.5. The molecule has 0 saturated heterocycles. The Labute approximate surface area is 118 Å². The van der Waals surface area contributed by atoms with Crippen molar-refractivity contribution in [3.63, 3.8) is 0 Å². The highest BCUT2D eigenvalue weighted by atomic mass is 16.6. The Bertz CT molecular complexity index is 292. The Hall–Kier alpha value is -0.730. The van der Waals surface area contributed by atoms with Crippen LogP contribution < -0.4 is 5.32 Å². The number of amides is 1. The summed E-state index contributed by atoms with van der Waals surface area (Å²) in [6.45, 7) is 12.8. The lowest BCUT2D eigenvalue weighted by atomic mass is 9.48. The molecule has 0 unspecified atom stereocenters. The van der Waals surface area contributed by atoms with E-state index in [1.54, 1.807) is 0 Å². The fraction of sp³-hybridized carbons (Fsp3) is 0.938. The molecule has 1 amide bonds. The standard InChI is InChI=1S/C14H25NO2.C2H6/c1-10-5-14(6-10)7-11(8-14)9-15-12(16)17-13(2,3)4;1-2/h10-11H,5-9H2,1-4H3,(H,15,16);1-2H3. The van der Waals surface area contributed by atoms with Crippen molar-refractivity contribution in [1.82, 2.24) is 5.32 Å². The Balaban J connectivity index is 0.000000861. The predicted molar refractivity (Wildman–Crippen MR) is 79.1 cm³/mol. The van der Waals surface area contributed by atoms with E-state index >= 15 is 0 Å². The minimum atomic E-state index is -0.395. The van der Waals surface area contributed by atoms with Crippen molar-refractivity contribution >= 4 is 6.09 Å². The zero-order valence-electron chi connectivity index (χ0n) is 13.5. The van der Waals surface area contributed by atoms with Gasteiger partial charge in [-0.3, -0.25) is 0 Å². The zero-order chi connectivity index (χ0) is 14.7. The van der Waals surface area contributed by atoms with Crippen molar-refractivity contribution in [2.45, 2.75) is 72.8 Å². The molecule has 3 heteroatoms. The van der Waals surface area contributed by atoms with Crippen molar-refractivity contribution in [2.24, 2.45) is 17.3 Å². The molecule has 0 radical (unpaired) electrons. The molecule has 3 nitrogen and oxygen atoms in total. The molecule has 0 heterocycles. The van der Waals surface area contributed by atoms with Crippen LogP contribution in [0.15, 0.2) is 0 Å². The molecule has 1 spiro atoms. The van der Waals surface area contributed by atoms with Gasteiger partial charge in [0.25, 0.3) is 0 Å². The van der Waals surface area contributed by atoms with Crippen LogP contribution in [0.4, 0.5) is 4.79 Å². The third-order valence-corrected chi connectivity index (χ3v) is 3.94. The summed E-state index contributed by atoms with van der Waals surface area (Å²) in [7, 11) is 0. The number of alkyl carbamates (subject to hydrolysis) is 1. The third kappa shape index (κ3) is 4.70. The van der Waals surface area contributed by atoms with Gasteiger partial charge in [0.05, 0.1) is 0 Å². The number of hydrogen-bond acceptors (Lipinski definition) is 2. The van der Waals surface area contributed by atoms with Crippen LogP contribution in [0.5, 0.6) is 0 Å². The fourth-order valence-corrected chi connectivity index (χ4v) is 3.60. The maximum absolute atomic E-state index is 11.5. The number of carbonyl (C=O) groups excluding carboxylic acids is 1. The highest BCUT2D eigenvalue weighted by molar-refractivity contribution is 5.67. The summed E-state index contributed by atoms with van der Waals surface area (Å²) in [6, 6.07) is 0. The van der Waals surface area contributed by atoms with E-state index in [1.807, 2.05) is 34.6 Å². The van der Waals surface area contributed by atoms with E-state index in [2.05, 4.69) is 12.2 Å². The van der Waals surface area contributed by atoms with Gasteiger partial charge in [-0.15, -0.1) is 0 Å². The lowest BCUT2D eigenvalue weighted by Gasteiger charge is -2.57. The average molecular weight is 269 g/mol. The monoisotopic (exact) mass is 269 g/mol. The number of carbonyl (C=O) groups is 1. The van der Waals surface area contributed by atoms with Crippen LogP contribution in [0.1, 0.15) is 67.2 Å². The SMILES string of the molecule is CC.CC1CC2(C1)CC(CNC(=O)OC(C)(C)C)C2.